The predicted molar refractivity (Wildman–Crippen MR) is 108 cm³/mol. The Bertz CT molecular complexity index is 713. The van der Waals surface area contributed by atoms with Gasteiger partial charge in [-0.15, -0.1) is 0 Å². The number of carbonyl (C=O) groups is 1. The molecule has 1 aromatic heterocycles. The second-order valence-corrected chi connectivity index (χ2v) is 7.94. The maximum atomic E-state index is 12.5. The van der Waals surface area contributed by atoms with E-state index in [1.165, 1.54) is 5.56 Å². The number of benzene rings is 1. The van der Waals surface area contributed by atoms with Crippen molar-refractivity contribution in [2.45, 2.75) is 31.2 Å². The van der Waals surface area contributed by atoms with Crippen LogP contribution in [0.2, 0.25) is 5.15 Å². The van der Waals surface area contributed by atoms with Crippen LogP contribution < -0.4 is 5.32 Å². The summed E-state index contributed by atoms with van der Waals surface area (Å²) in [6, 6.07) is 14.2. The number of pyridine rings is 1. The lowest BCUT2D eigenvalue weighted by atomic mass is 10.1. The lowest BCUT2D eigenvalue weighted by Gasteiger charge is -2.23. The molecule has 1 amide bonds. The highest BCUT2D eigenvalue weighted by molar-refractivity contribution is 7.98. The second kappa shape index (κ2) is 9.95. The van der Waals surface area contributed by atoms with Gasteiger partial charge in [-0.3, -0.25) is 9.69 Å². The lowest BCUT2D eigenvalue weighted by Crippen LogP contribution is -2.43. The maximum absolute atomic E-state index is 12.5. The molecule has 3 rings (SSSR count). The molecule has 1 N–H and O–H groups in total. The molecule has 138 valence electrons. The van der Waals surface area contributed by atoms with Crippen LogP contribution in [0.15, 0.2) is 48.7 Å². The number of likely N-dealkylation sites (tertiary alicyclic amines) is 1. The van der Waals surface area contributed by atoms with Crippen LogP contribution in [-0.2, 0) is 17.1 Å². The number of thioether (sulfide) groups is 1. The first-order valence-corrected chi connectivity index (χ1v) is 10.5. The summed E-state index contributed by atoms with van der Waals surface area (Å²) in [5, 5.41) is 3.62. The van der Waals surface area contributed by atoms with E-state index in [4.69, 9.17) is 11.6 Å². The average molecular weight is 390 g/mol. The number of nitrogens with zero attached hydrogens (tertiary/aromatic N) is 2. The first-order chi connectivity index (χ1) is 12.7. The van der Waals surface area contributed by atoms with Gasteiger partial charge in [-0.05, 0) is 42.6 Å². The van der Waals surface area contributed by atoms with Crippen LogP contribution in [0.25, 0.3) is 0 Å². The highest BCUT2D eigenvalue weighted by atomic mass is 35.5. The minimum absolute atomic E-state index is 0.000731. The van der Waals surface area contributed by atoms with E-state index in [0.29, 0.717) is 11.7 Å². The first kappa shape index (κ1) is 19.2. The monoisotopic (exact) mass is 389 g/mol. The van der Waals surface area contributed by atoms with Gasteiger partial charge in [0.15, 0.2) is 0 Å². The Kier molecular flexibility index (Phi) is 7.35. The summed E-state index contributed by atoms with van der Waals surface area (Å²) in [7, 11) is 0. The summed E-state index contributed by atoms with van der Waals surface area (Å²) in [6.07, 6.45) is 3.76. The zero-order valence-electron chi connectivity index (χ0n) is 14.7. The fourth-order valence-corrected chi connectivity index (χ4v) is 4.22. The van der Waals surface area contributed by atoms with Crippen molar-refractivity contribution in [3.05, 3.63) is 64.9 Å². The summed E-state index contributed by atoms with van der Waals surface area (Å²) in [5.74, 6) is 1.92. The van der Waals surface area contributed by atoms with Crippen molar-refractivity contribution in [3.8, 4) is 0 Å². The van der Waals surface area contributed by atoms with Crippen molar-refractivity contribution in [2.24, 2.45) is 0 Å². The Morgan fingerprint density at radius 1 is 1.27 bits per heavy atom. The molecule has 0 bridgehead atoms. The topological polar surface area (TPSA) is 45.2 Å². The lowest BCUT2D eigenvalue weighted by molar-refractivity contribution is -0.125. The number of aromatic nitrogens is 1. The fraction of sp³-hybridized carbons (Fsp3) is 0.400. The van der Waals surface area contributed by atoms with Crippen LogP contribution in [-0.4, -0.2) is 40.7 Å². The Morgan fingerprint density at radius 2 is 2.12 bits per heavy atom. The Hall–Kier alpha value is -1.56. The van der Waals surface area contributed by atoms with E-state index in [1.807, 2.05) is 30.3 Å². The SMILES string of the molecule is O=C(NCCSCc1ccnc(Cl)c1)C1CCCN1Cc1ccccc1. The molecule has 1 atom stereocenters. The second-order valence-electron chi connectivity index (χ2n) is 6.44. The highest BCUT2D eigenvalue weighted by Crippen LogP contribution is 2.20. The van der Waals surface area contributed by atoms with Crippen molar-refractivity contribution in [3.63, 3.8) is 0 Å². The normalized spacial score (nSPS) is 17.3. The third-order valence-electron chi connectivity index (χ3n) is 4.50. The van der Waals surface area contributed by atoms with Crippen molar-refractivity contribution in [1.82, 2.24) is 15.2 Å². The van der Waals surface area contributed by atoms with Gasteiger partial charge in [-0.1, -0.05) is 41.9 Å². The quantitative estimate of drug-likeness (QED) is 0.551. The summed E-state index contributed by atoms with van der Waals surface area (Å²) >= 11 is 7.68. The molecular weight excluding hydrogens is 366 g/mol. The van der Waals surface area contributed by atoms with Gasteiger partial charge in [0.25, 0.3) is 0 Å². The smallest absolute Gasteiger partial charge is 0.237 e. The number of rotatable bonds is 8. The molecule has 0 radical (unpaired) electrons. The van der Waals surface area contributed by atoms with Gasteiger partial charge in [-0.2, -0.15) is 11.8 Å². The molecule has 1 aromatic carbocycles. The number of hydrogen-bond acceptors (Lipinski definition) is 4. The molecule has 4 nitrogen and oxygen atoms in total. The number of carbonyl (C=O) groups excluding carboxylic acids is 1. The minimum Gasteiger partial charge on any atom is -0.354 e. The zero-order valence-corrected chi connectivity index (χ0v) is 16.3. The first-order valence-electron chi connectivity index (χ1n) is 8.96. The van der Waals surface area contributed by atoms with Gasteiger partial charge < -0.3 is 5.32 Å². The maximum Gasteiger partial charge on any atom is 0.237 e. The van der Waals surface area contributed by atoms with E-state index in [9.17, 15) is 4.79 Å². The molecule has 0 saturated carbocycles. The van der Waals surface area contributed by atoms with Gasteiger partial charge in [0.05, 0.1) is 6.04 Å². The molecule has 2 heterocycles. The molecule has 0 aliphatic carbocycles. The van der Waals surface area contributed by atoms with E-state index < -0.39 is 0 Å². The number of halogens is 1. The molecule has 1 unspecified atom stereocenters. The van der Waals surface area contributed by atoms with E-state index in [0.717, 1.165) is 43.0 Å². The Balaban J connectivity index is 1.38. The van der Waals surface area contributed by atoms with Crippen LogP contribution >= 0.6 is 23.4 Å². The van der Waals surface area contributed by atoms with Crippen LogP contribution in [0, 0.1) is 0 Å². The van der Waals surface area contributed by atoms with E-state index in [1.54, 1.807) is 18.0 Å². The summed E-state index contributed by atoms with van der Waals surface area (Å²) in [5.41, 5.74) is 2.42. The zero-order chi connectivity index (χ0) is 18.2. The van der Waals surface area contributed by atoms with E-state index >= 15 is 0 Å². The molecule has 1 aliphatic heterocycles. The summed E-state index contributed by atoms with van der Waals surface area (Å²) in [4.78, 5) is 18.8. The largest absolute Gasteiger partial charge is 0.354 e. The molecule has 1 aliphatic rings. The van der Waals surface area contributed by atoms with Crippen LogP contribution in [0.5, 0.6) is 0 Å². The summed E-state index contributed by atoms with van der Waals surface area (Å²) in [6.45, 7) is 2.53. The number of amides is 1. The molecule has 26 heavy (non-hydrogen) atoms. The summed E-state index contributed by atoms with van der Waals surface area (Å²) < 4.78 is 0. The molecule has 2 aromatic rings. The van der Waals surface area contributed by atoms with Crippen molar-refractivity contribution in [2.75, 3.05) is 18.8 Å². The predicted octanol–water partition coefficient (Wildman–Crippen LogP) is 3.75. The van der Waals surface area contributed by atoms with Crippen molar-refractivity contribution >= 4 is 29.3 Å². The van der Waals surface area contributed by atoms with Crippen LogP contribution in [0.4, 0.5) is 0 Å². The minimum atomic E-state index is -0.000731. The molecule has 1 fully saturated rings. The van der Waals surface area contributed by atoms with Crippen LogP contribution in [0.1, 0.15) is 24.0 Å². The van der Waals surface area contributed by atoms with Gasteiger partial charge >= 0.3 is 0 Å². The highest BCUT2D eigenvalue weighted by Gasteiger charge is 2.30. The molecule has 1 saturated heterocycles. The number of nitrogens with one attached hydrogen (secondary N) is 1. The van der Waals surface area contributed by atoms with Crippen LogP contribution in [0.3, 0.4) is 0 Å². The van der Waals surface area contributed by atoms with Gasteiger partial charge in [-0.25, -0.2) is 4.98 Å². The van der Waals surface area contributed by atoms with Gasteiger partial charge in [0, 0.05) is 30.8 Å². The average Bonchev–Trinajstić information content (AvgIpc) is 3.10. The van der Waals surface area contributed by atoms with Gasteiger partial charge in [0.2, 0.25) is 5.91 Å². The van der Waals surface area contributed by atoms with E-state index in [-0.39, 0.29) is 11.9 Å². The molecule has 0 spiro atoms. The van der Waals surface area contributed by atoms with Gasteiger partial charge in [0.1, 0.15) is 5.15 Å². The third kappa shape index (κ3) is 5.73. The molecular formula is C20H24ClN3OS. The van der Waals surface area contributed by atoms with Crippen molar-refractivity contribution in [1.29, 1.82) is 0 Å². The number of hydrogen-bond donors (Lipinski definition) is 1. The Morgan fingerprint density at radius 3 is 2.92 bits per heavy atom. The molecule has 6 heteroatoms. The third-order valence-corrected chi connectivity index (χ3v) is 5.74. The van der Waals surface area contributed by atoms with E-state index in [2.05, 4.69) is 27.3 Å². The fourth-order valence-electron chi connectivity index (χ4n) is 3.22. The standard InChI is InChI=1S/C20H24ClN3OS/c21-19-13-17(8-9-22-19)15-26-12-10-23-20(25)18-7-4-11-24(18)14-16-5-2-1-3-6-16/h1-3,5-6,8-9,13,18H,4,7,10-12,14-15H2,(H,23,25). The van der Waals surface area contributed by atoms with Crippen molar-refractivity contribution < 1.29 is 4.79 Å². The Labute approximate surface area is 164 Å².